The highest BCUT2D eigenvalue weighted by Crippen LogP contribution is 2.29. The number of halogens is 1. The lowest BCUT2D eigenvalue weighted by molar-refractivity contribution is 0.102. The van der Waals surface area contributed by atoms with E-state index in [9.17, 15) is 4.79 Å². The van der Waals surface area contributed by atoms with E-state index in [0.717, 1.165) is 0 Å². The first-order valence-corrected chi connectivity index (χ1v) is 8.13. The maximum absolute atomic E-state index is 12.7. The minimum atomic E-state index is -0.401. The molecule has 1 N–H and O–H groups in total. The van der Waals surface area contributed by atoms with Crippen molar-refractivity contribution in [1.29, 1.82) is 0 Å². The fourth-order valence-electron chi connectivity index (χ4n) is 2.40. The molecule has 1 amide bonds. The van der Waals surface area contributed by atoms with Crippen LogP contribution in [0.15, 0.2) is 42.5 Å². The lowest BCUT2D eigenvalue weighted by Gasteiger charge is -2.11. The molecule has 2 aromatic carbocycles. The Morgan fingerprint density at radius 3 is 2.62 bits per heavy atom. The van der Waals surface area contributed by atoms with Crippen molar-refractivity contribution in [2.45, 2.75) is 6.92 Å². The van der Waals surface area contributed by atoms with Gasteiger partial charge in [-0.3, -0.25) is 4.79 Å². The normalized spacial score (nSPS) is 10.5. The number of aryl methyl sites for hydroxylation is 1. The second kappa shape index (κ2) is 7.45. The van der Waals surface area contributed by atoms with Crippen molar-refractivity contribution < 1.29 is 14.3 Å². The van der Waals surface area contributed by atoms with E-state index in [2.05, 4.69) is 15.5 Å². The number of aromatic nitrogens is 3. The maximum Gasteiger partial charge on any atom is 0.278 e. The molecule has 0 aliphatic carbocycles. The second-order valence-electron chi connectivity index (χ2n) is 5.42. The smallest absolute Gasteiger partial charge is 0.278 e. The molecule has 7 nitrogen and oxygen atoms in total. The van der Waals surface area contributed by atoms with Gasteiger partial charge in [0.2, 0.25) is 0 Å². The predicted molar refractivity (Wildman–Crippen MR) is 98.6 cm³/mol. The van der Waals surface area contributed by atoms with Crippen molar-refractivity contribution >= 4 is 23.2 Å². The van der Waals surface area contributed by atoms with E-state index in [1.807, 2.05) is 0 Å². The van der Waals surface area contributed by atoms with E-state index in [4.69, 9.17) is 21.1 Å². The van der Waals surface area contributed by atoms with Gasteiger partial charge in [-0.25, -0.2) is 0 Å². The molecule has 0 saturated carbocycles. The van der Waals surface area contributed by atoms with E-state index >= 15 is 0 Å². The molecule has 1 heterocycles. The Kier molecular flexibility index (Phi) is 5.09. The van der Waals surface area contributed by atoms with Crippen molar-refractivity contribution in [2.24, 2.45) is 0 Å². The lowest BCUT2D eigenvalue weighted by Crippen LogP contribution is -2.15. The average Bonchev–Trinajstić information content (AvgIpc) is 3.03. The molecule has 0 bridgehead atoms. The van der Waals surface area contributed by atoms with Gasteiger partial charge in [-0.2, -0.15) is 9.90 Å². The van der Waals surface area contributed by atoms with Gasteiger partial charge in [-0.1, -0.05) is 17.7 Å². The Labute approximate surface area is 155 Å². The van der Waals surface area contributed by atoms with Gasteiger partial charge in [-0.15, -0.1) is 5.10 Å². The summed E-state index contributed by atoms with van der Waals surface area (Å²) in [6.07, 6.45) is 0. The van der Waals surface area contributed by atoms with E-state index < -0.39 is 5.91 Å². The first-order chi connectivity index (χ1) is 12.5. The molecule has 0 radical (unpaired) electrons. The zero-order valence-electron chi connectivity index (χ0n) is 14.5. The van der Waals surface area contributed by atoms with Crippen molar-refractivity contribution in [3.05, 3.63) is 58.9 Å². The Balaban J connectivity index is 1.89. The Morgan fingerprint density at radius 1 is 1.12 bits per heavy atom. The minimum Gasteiger partial charge on any atom is -0.497 e. The van der Waals surface area contributed by atoms with Crippen LogP contribution in [0.3, 0.4) is 0 Å². The summed E-state index contributed by atoms with van der Waals surface area (Å²) >= 11 is 6.00. The monoisotopic (exact) mass is 372 g/mol. The molecule has 3 aromatic rings. The van der Waals surface area contributed by atoms with Crippen LogP contribution in [-0.2, 0) is 0 Å². The highest BCUT2D eigenvalue weighted by molar-refractivity contribution is 6.30. The number of hydrogen-bond acceptors (Lipinski definition) is 5. The largest absolute Gasteiger partial charge is 0.497 e. The van der Waals surface area contributed by atoms with E-state index in [1.54, 1.807) is 56.5 Å². The molecule has 134 valence electrons. The standard InChI is InChI=1S/C18H17ClN4O3/c1-11-17(22-23(21-11)13-6-4-5-12(19)9-13)18(24)20-15-10-14(25-2)7-8-16(15)26-3/h4-10H,1-3H3,(H,20,24). The molecule has 26 heavy (non-hydrogen) atoms. The number of anilines is 1. The summed E-state index contributed by atoms with van der Waals surface area (Å²) in [5.74, 6) is 0.710. The number of amides is 1. The van der Waals surface area contributed by atoms with E-state index in [-0.39, 0.29) is 5.69 Å². The SMILES string of the molecule is COc1ccc(OC)c(NC(=O)c2nn(-c3cccc(Cl)c3)nc2C)c1. The molecule has 0 atom stereocenters. The molecule has 0 saturated heterocycles. The van der Waals surface area contributed by atoms with Crippen molar-refractivity contribution in [3.8, 4) is 17.2 Å². The van der Waals surface area contributed by atoms with Crippen LogP contribution in [-0.4, -0.2) is 35.1 Å². The van der Waals surface area contributed by atoms with Gasteiger partial charge in [0.1, 0.15) is 11.5 Å². The molecule has 0 aliphatic rings. The molecule has 8 heteroatoms. The fraction of sp³-hybridized carbons (Fsp3) is 0.167. The van der Waals surface area contributed by atoms with Crippen LogP contribution in [0.2, 0.25) is 5.02 Å². The maximum atomic E-state index is 12.7. The second-order valence-corrected chi connectivity index (χ2v) is 5.86. The number of methoxy groups -OCH3 is 2. The van der Waals surface area contributed by atoms with Gasteiger partial charge >= 0.3 is 0 Å². The van der Waals surface area contributed by atoms with Crippen LogP contribution >= 0.6 is 11.6 Å². The number of benzene rings is 2. The highest BCUT2D eigenvalue weighted by Gasteiger charge is 2.18. The number of nitrogens with one attached hydrogen (secondary N) is 1. The Bertz CT molecular complexity index is 955. The first-order valence-electron chi connectivity index (χ1n) is 7.75. The summed E-state index contributed by atoms with van der Waals surface area (Å²) in [5, 5.41) is 11.9. The van der Waals surface area contributed by atoms with E-state index in [1.165, 1.54) is 11.9 Å². The molecule has 1 aromatic heterocycles. The van der Waals surface area contributed by atoms with Crippen molar-refractivity contribution in [3.63, 3.8) is 0 Å². The molecule has 0 spiro atoms. The third kappa shape index (κ3) is 3.62. The van der Waals surface area contributed by atoms with Gasteiger partial charge in [0, 0.05) is 11.1 Å². The third-order valence-corrected chi connectivity index (χ3v) is 3.93. The summed E-state index contributed by atoms with van der Waals surface area (Å²) in [7, 11) is 3.08. The van der Waals surface area contributed by atoms with Gasteiger partial charge in [0.25, 0.3) is 5.91 Å². The molecule has 0 fully saturated rings. The zero-order chi connectivity index (χ0) is 18.7. The van der Waals surface area contributed by atoms with Gasteiger partial charge in [-0.05, 0) is 37.3 Å². The summed E-state index contributed by atoms with van der Waals surface area (Å²) in [5.41, 5.74) is 1.84. The summed E-state index contributed by atoms with van der Waals surface area (Å²) < 4.78 is 10.5. The Morgan fingerprint density at radius 2 is 1.92 bits per heavy atom. The number of hydrogen-bond donors (Lipinski definition) is 1. The lowest BCUT2D eigenvalue weighted by atomic mass is 10.2. The topological polar surface area (TPSA) is 78.3 Å². The first kappa shape index (κ1) is 17.8. The van der Waals surface area contributed by atoms with Crippen molar-refractivity contribution in [1.82, 2.24) is 15.0 Å². The number of ether oxygens (including phenoxy) is 2. The van der Waals surface area contributed by atoms with Crippen LogP contribution in [0.1, 0.15) is 16.2 Å². The number of nitrogens with zero attached hydrogens (tertiary/aromatic N) is 3. The Hall–Kier alpha value is -3.06. The van der Waals surface area contributed by atoms with E-state index in [0.29, 0.717) is 33.6 Å². The van der Waals surface area contributed by atoms with Gasteiger partial charge in [0.15, 0.2) is 5.69 Å². The van der Waals surface area contributed by atoms with Crippen LogP contribution in [0.5, 0.6) is 11.5 Å². The molecule has 0 unspecified atom stereocenters. The van der Waals surface area contributed by atoms with Gasteiger partial charge < -0.3 is 14.8 Å². The molecular weight excluding hydrogens is 356 g/mol. The summed E-state index contributed by atoms with van der Waals surface area (Å²) in [6, 6.07) is 12.2. The highest BCUT2D eigenvalue weighted by atomic mass is 35.5. The molecular formula is C18H17ClN4O3. The van der Waals surface area contributed by atoms with Crippen molar-refractivity contribution in [2.75, 3.05) is 19.5 Å². The number of carbonyl (C=O) groups is 1. The summed E-state index contributed by atoms with van der Waals surface area (Å²) in [4.78, 5) is 14.0. The fourth-order valence-corrected chi connectivity index (χ4v) is 2.58. The van der Waals surface area contributed by atoms with Crippen LogP contribution in [0, 0.1) is 6.92 Å². The average molecular weight is 373 g/mol. The molecule has 3 rings (SSSR count). The molecule has 0 aliphatic heterocycles. The number of carbonyl (C=O) groups excluding carboxylic acids is 1. The van der Waals surface area contributed by atoms with Crippen LogP contribution < -0.4 is 14.8 Å². The zero-order valence-corrected chi connectivity index (χ0v) is 15.2. The van der Waals surface area contributed by atoms with Gasteiger partial charge in [0.05, 0.1) is 31.3 Å². The minimum absolute atomic E-state index is 0.204. The third-order valence-electron chi connectivity index (χ3n) is 3.69. The number of rotatable bonds is 5. The predicted octanol–water partition coefficient (Wildman–Crippen LogP) is 3.50. The quantitative estimate of drug-likeness (QED) is 0.741. The summed E-state index contributed by atoms with van der Waals surface area (Å²) in [6.45, 7) is 1.71. The van der Waals surface area contributed by atoms with Crippen LogP contribution in [0.25, 0.3) is 5.69 Å². The van der Waals surface area contributed by atoms with Crippen LogP contribution in [0.4, 0.5) is 5.69 Å².